The van der Waals surface area contributed by atoms with Crippen molar-refractivity contribution in [2.24, 2.45) is 0 Å². The first-order chi connectivity index (χ1) is 7.00. The smallest absolute Gasteiger partial charge is 0.200 e. The summed E-state index contributed by atoms with van der Waals surface area (Å²) in [6.07, 6.45) is 3.84. The molecule has 1 aromatic carbocycles. The van der Waals surface area contributed by atoms with Crippen LogP contribution in [0.4, 0.5) is 5.69 Å². The average Bonchev–Trinajstić information content (AvgIpc) is 2.17. The van der Waals surface area contributed by atoms with E-state index in [0.717, 1.165) is 11.3 Å². The Morgan fingerprint density at radius 3 is 2.53 bits per heavy atom. The Morgan fingerprint density at radius 1 is 1.20 bits per heavy atom. The van der Waals surface area contributed by atoms with Crippen molar-refractivity contribution in [2.45, 2.75) is 9.71 Å². The highest BCUT2D eigenvalue weighted by atomic mass is 35.6. The molecule has 0 fully saturated rings. The lowest BCUT2D eigenvalue weighted by Gasteiger charge is -2.31. The lowest BCUT2D eigenvalue weighted by Crippen LogP contribution is -2.23. The maximum absolute atomic E-state index is 5.95. The molecule has 0 radical (unpaired) electrons. The van der Waals surface area contributed by atoms with E-state index < -0.39 is 3.79 Å². The van der Waals surface area contributed by atoms with E-state index >= 15 is 0 Å². The molecule has 0 aromatic heterocycles. The molecule has 0 saturated carbocycles. The van der Waals surface area contributed by atoms with Gasteiger partial charge in [0.05, 0.1) is 5.92 Å². The summed E-state index contributed by atoms with van der Waals surface area (Å²) < 4.78 is -1.30. The number of anilines is 1. The first kappa shape index (κ1) is 11.1. The molecule has 0 N–H and O–H groups in total. The highest BCUT2D eigenvalue weighted by Gasteiger charge is 2.35. The first-order valence-corrected chi connectivity index (χ1v) is 5.70. The second-order valence-electron chi connectivity index (χ2n) is 3.53. The number of allylic oxidation sites excluding steroid dienone is 1. The van der Waals surface area contributed by atoms with Crippen LogP contribution in [0.2, 0.25) is 0 Å². The van der Waals surface area contributed by atoms with Crippen molar-refractivity contribution in [3.05, 3.63) is 42.1 Å². The monoisotopic (exact) mass is 261 g/mol. The van der Waals surface area contributed by atoms with E-state index in [1.165, 1.54) is 0 Å². The lowest BCUT2D eigenvalue weighted by molar-refractivity contribution is 0.846. The van der Waals surface area contributed by atoms with Gasteiger partial charge in [0.15, 0.2) is 0 Å². The van der Waals surface area contributed by atoms with E-state index in [0.29, 0.717) is 0 Å². The van der Waals surface area contributed by atoms with Crippen molar-refractivity contribution in [3.8, 4) is 0 Å². The number of nitrogens with zero attached hydrogens (tertiary/aromatic N) is 1. The molecule has 1 aliphatic rings. The minimum atomic E-state index is -1.30. The van der Waals surface area contributed by atoms with Crippen LogP contribution in [0, 0.1) is 0 Å². The van der Waals surface area contributed by atoms with Crippen LogP contribution in [0.1, 0.15) is 11.5 Å². The fraction of sp³-hybridized carbons (Fsp3) is 0.273. The highest BCUT2D eigenvalue weighted by Crippen LogP contribution is 2.46. The molecule has 15 heavy (non-hydrogen) atoms. The summed E-state index contributed by atoms with van der Waals surface area (Å²) in [5, 5.41) is 0. The predicted octanol–water partition coefficient (Wildman–Crippen LogP) is 4.10. The minimum absolute atomic E-state index is 0.185. The molecular formula is C11H10Cl3N. The van der Waals surface area contributed by atoms with Crippen LogP contribution >= 0.6 is 34.8 Å². The third-order valence-electron chi connectivity index (χ3n) is 2.51. The van der Waals surface area contributed by atoms with Gasteiger partial charge in [0.25, 0.3) is 0 Å². The summed E-state index contributed by atoms with van der Waals surface area (Å²) in [5.74, 6) is -0.185. The lowest BCUT2D eigenvalue weighted by atomic mass is 9.95. The number of benzene rings is 1. The zero-order chi connectivity index (χ0) is 11.1. The van der Waals surface area contributed by atoms with Gasteiger partial charge in [-0.3, -0.25) is 0 Å². The summed E-state index contributed by atoms with van der Waals surface area (Å²) in [6, 6.07) is 7.93. The van der Waals surface area contributed by atoms with Crippen LogP contribution in [0.3, 0.4) is 0 Å². The van der Waals surface area contributed by atoms with Crippen LogP contribution in [0.15, 0.2) is 36.5 Å². The van der Waals surface area contributed by atoms with Gasteiger partial charge in [0.2, 0.25) is 3.79 Å². The predicted molar refractivity (Wildman–Crippen MR) is 67.0 cm³/mol. The van der Waals surface area contributed by atoms with Crippen LogP contribution in [0.5, 0.6) is 0 Å². The van der Waals surface area contributed by atoms with Gasteiger partial charge in [0, 0.05) is 18.9 Å². The van der Waals surface area contributed by atoms with Crippen LogP contribution < -0.4 is 4.90 Å². The van der Waals surface area contributed by atoms with Gasteiger partial charge in [-0.05, 0) is 11.6 Å². The van der Waals surface area contributed by atoms with Gasteiger partial charge in [0.1, 0.15) is 0 Å². The van der Waals surface area contributed by atoms with Crippen molar-refractivity contribution in [3.63, 3.8) is 0 Å². The van der Waals surface area contributed by atoms with E-state index in [9.17, 15) is 0 Å². The van der Waals surface area contributed by atoms with Crippen molar-refractivity contribution in [1.29, 1.82) is 0 Å². The average molecular weight is 263 g/mol. The maximum Gasteiger partial charge on any atom is 0.200 e. The summed E-state index contributed by atoms with van der Waals surface area (Å²) >= 11 is 17.8. The SMILES string of the molecule is CN1C=CC(C(Cl)(Cl)Cl)c2ccccc21. The van der Waals surface area contributed by atoms with E-state index in [-0.39, 0.29) is 5.92 Å². The summed E-state index contributed by atoms with van der Waals surface area (Å²) in [6.45, 7) is 0. The number of para-hydroxylation sites is 1. The fourth-order valence-corrected chi connectivity index (χ4v) is 2.33. The molecule has 1 aromatic rings. The molecule has 0 aliphatic carbocycles. The van der Waals surface area contributed by atoms with Gasteiger partial charge in [-0.25, -0.2) is 0 Å². The molecule has 80 valence electrons. The van der Waals surface area contributed by atoms with Crippen molar-refractivity contribution >= 4 is 40.5 Å². The Labute approximate surface area is 104 Å². The normalized spacial score (nSPS) is 20.3. The highest BCUT2D eigenvalue weighted by molar-refractivity contribution is 6.68. The zero-order valence-electron chi connectivity index (χ0n) is 8.12. The molecule has 1 atom stereocenters. The van der Waals surface area contributed by atoms with Crippen LogP contribution in [0.25, 0.3) is 0 Å². The van der Waals surface area contributed by atoms with Gasteiger partial charge in [-0.2, -0.15) is 0 Å². The molecule has 2 rings (SSSR count). The summed E-state index contributed by atoms with van der Waals surface area (Å²) in [5.41, 5.74) is 2.12. The van der Waals surface area contributed by atoms with Gasteiger partial charge < -0.3 is 4.90 Å². The Morgan fingerprint density at radius 2 is 1.87 bits per heavy atom. The molecule has 1 nitrogen and oxygen atoms in total. The fourth-order valence-electron chi connectivity index (χ4n) is 1.76. The Balaban J connectivity index is 2.51. The second-order valence-corrected chi connectivity index (χ2v) is 5.90. The molecular weight excluding hydrogens is 252 g/mol. The van der Waals surface area contributed by atoms with Crippen LogP contribution in [-0.2, 0) is 0 Å². The van der Waals surface area contributed by atoms with E-state index in [2.05, 4.69) is 0 Å². The van der Waals surface area contributed by atoms with Crippen molar-refractivity contribution < 1.29 is 0 Å². The number of alkyl halides is 3. The summed E-state index contributed by atoms with van der Waals surface area (Å²) in [7, 11) is 1.98. The number of hydrogen-bond acceptors (Lipinski definition) is 1. The summed E-state index contributed by atoms with van der Waals surface area (Å²) in [4.78, 5) is 2.02. The second kappa shape index (κ2) is 3.89. The quantitative estimate of drug-likeness (QED) is 0.636. The van der Waals surface area contributed by atoms with E-state index in [1.54, 1.807) is 0 Å². The zero-order valence-corrected chi connectivity index (χ0v) is 10.4. The number of hydrogen-bond donors (Lipinski definition) is 0. The largest absolute Gasteiger partial charge is 0.351 e. The molecule has 1 heterocycles. The Bertz CT molecular complexity index is 395. The third kappa shape index (κ3) is 2.10. The maximum atomic E-state index is 5.95. The molecule has 0 saturated heterocycles. The molecule has 0 spiro atoms. The standard InChI is InChI=1S/C11H10Cl3N/c1-15-7-6-9(11(12,13)14)8-4-2-3-5-10(8)15/h2-7,9H,1H3. The number of fused-ring (bicyclic) bond motifs is 1. The van der Waals surface area contributed by atoms with Crippen molar-refractivity contribution in [2.75, 3.05) is 11.9 Å². The van der Waals surface area contributed by atoms with Gasteiger partial charge in [-0.1, -0.05) is 59.1 Å². The minimum Gasteiger partial charge on any atom is -0.351 e. The molecule has 1 unspecified atom stereocenters. The Kier molecular flexibility index (Phi) is 2.89. The Hall–Kier alpha value is -0.370. The number of halogens is 3. The molecule has 0 amide bonds. The van der Waals surface area contributed by atoms with Gasteiger partial charge >= 0.3 is 0 Å². The van der Waals surface area contributed by atoms with Crippen LogP contribution in [-0.4, -0.2) is 10.8 Å². The molecule has 1 aliphatic heterocycles. The number of rotatable bonds is 0. The molecule has 0 bridgehead atoms. The topological polar surface area (TPSA) is 3.24 Å². The first-order valence-electron chi connectivity index (χ1n) is 4.57. The third-order valence-corrected chi connectivity index (χ3v) is 3.21. The van der Waals surface area contributed by atoms with E-state index in [1.807, 2.05) is 48.5 Å². The van der Waals surface area contributed by atoms with E-state index in [4.69, 9.17) is 34.8 Å². The molecule has 4 heteroatoms. The van der Waals surface area contributed by atoms with Crippen molar-refractivity contribution in [1.82, 2.24) is 0 Å². The van der Waals surface area contributed by atoms with Gasteiger partial charge in [-0.15, -0.1) is 0 Å².